The van der Waals surface area contributed by atoms with Gasteiger partial charge in [-0.2, -0.15) is 0 Å². The largest absolute Gasteiger partial charge is 0.303 e. The van der Waals surface area contributed by atoms with Gasteiger partial charge in [-0.25, -0.2) is 0 Å². The Bertz CT molecular complexity index is 285. The van der Waals surface area contributed by atoms with Crippen molar-refractivity contribution in [1.82, 2.24) is 9.80 Å². The molecule has 2 fully saturated rings. The van der Waals surface area contributed by atoms with Crippen LogP contribution in [-0.2, 0) is 4.79 Å². The molecule has 1 spiro atoms. The zero-order valence-electron chi connectivity index (χ0n) is 11.2. The fourth-order valence-electron chi connectivity index (χ4n) is 2.89. The summed E-state index contributed by atoms with van der Waals surface area (Å²) >= 11 is 2.13. The van der Waals surface area contributed by atoms with E-state index in [1.165, 1.54) is 25.1 Å². The van der Waals surface area contributed by atoms with Crippen molar-refractivity contribution in [3.63, 3.8) is 0 Å². The number of hydrogen-bond acceptors (Lipinski definition) is 4. The first-order valence-corrected chi connectivity index (χ1v) is 7.50. The van der Waals surface area contributed by atoms with Crippen molar-refractivity contribution in [2.45, 2.75) is 31.6 Å². The lowest BCUT2D eigenvalue weighted by molar-refractivity contribution is -0.115. The van der Waals surface area contributed by atoms with Crippen molar-refractivity contribution in [2.75, 3.05) is 39.0 Å². The molecule has 0 atom stereocenters. The molecule has 0 amide bonds. The fourth-order valence-corrected chi connectivity index (χ4v) is 4.41. The van der Waals surface area contributed by atoms with Gasteiger partial charge in [0.1, 0.15) is 6.29 Å². The molecule has 98 valence electrons. The van der Waals surface area contributed by atoms with E-state index in [0.717, 1.165) is 25.9 Å². The maximum atomic E-state index is 11.0. The second kappa shape index (κ2) is 4.90. The molecule has 2 heterocycles. The van der Waals surface area contributed by atoms with E-state index in [0.29, 0.717) is 4.87 Å². The highest BCUT2D eigenvalue weighted by molar-refractivity contribution is 8.00. The minimum absolute atomic E-state index is 0.195. The number of aldehydes is 1. The van der Waals surface area contributed by atoms with Gasteiger partial charge in [0.15, 0.2) is 0 Å². The summed E-state index contributed by atoms with van der Waals surface area (Å²) in [6, 6.07) is 0. The number of nitrogens with zero attached hydrogens (tertiary/aromatic N) is 2. The number of likely N-dealkylation sites (tertiary alicyclic amines) is 1. The smallest absolute Gasteiger partial charge is 0.126 e. The molecule has 0 N–H and O–H groups in total. The maximum Gasteiger partial charge on any atom is 0.126 e. The number of carbonyl (C=O) groups is 1. The summed E-state index contributed by atoms with van der Waals surface area (Å²) < 4.78 is 0. The van der Waals surface area contributed by atoms with E-state index >= 15 is 0 Å². The van der Waals surface area contributed by atoms with Gasteiger partial charge in [-0.05, 0) is 19.9 Å². The van der Waals surface area contributed by atoms with Crippen molar-refractivity contribution in [2.24, 2.45) is 5.41 Å². The topological polar surface area (TPSA) is 23.6 Å². The molecular weight excluding hydrogens is 232 g/mol. The fraction of sp³-hybridized carbons (Fsp3) is 0.923. The van der Waals surface area contributed by atoms with Gasteiger partial charge in [0.05, 0.1) is 4.87 Å². The highest BCUT2D eigenvalue weighted by Crippen LogP contribution is 2.42. The molecular formula is C13H24N2OS. The predicted octanol–water partition coefficient (Wildman–Crippen LogP) is 1.68. The third kappa shape index (κ3) is 2.85. The van der Waals surface area contributed by atoms with E-state index in [2.05, 4.69) is 28.6 Å². The third-order valence-corrected chi connectivity index (χ3v) is 5.72. The van der Waals surface area contributed by atoms with Gasteiger partial charge in [-0.1, -0.05) is 13.8 Å². The maximum absolute atomic E-state index is 11.0. The minimum atomic E-state index is -0.195. The molecule has 0 aromatic carbocycles. The SMILES string of the molecule is CN1CCSC12CCN(CC(C)(C)C=O)CC2. The Morgan fingerprint density at radius 1 is 1.29 bits per heavy atom. The Morgan fingerprint density at radius 2 is 1.94 bits per heavy atom. The lowest BCUT2D eigenvalue weighted by Crippen LogP contribution is -2.50. The molecule has 0 unspecified atom stereocenters. The van der Waals surface area contributed by atoms with Crippen LogP contribution in [0.15, 0.2) is 0 Å². The summed E-state index contributed by atoms with van der Waals surface area (Å²) in [6.45, 7) is 8.45. The summed E-state index contributed by atoms with van der Waals surface area (Å²) in [5, 5.41) is 0. The molecule has 4 heteroatoms. The van der Waals surface area contributed by atoms with E-state index in [4.69, 9.17) is 0 Å². The van der Waals surface area contributed by atoms with Gasteiger partial charge in [0.2, 0.25) is 0 Å². The highest BCUT2D eigenvalue weighted by Gasteiger charge is 2.42. The number of carbonyl (C=O) groups excluding carboxylic acids is 1. The Hall–Kier alpha value is -0.0600. The molecule has 2 rings (SSSR count). The molecule has 0 bridgehead atoms. The Kier molecular flexibility index (Phi) is 3.86. The van der Waals surface area contributed by atoms with Crippen LogP contribution in [0.3, 0.4) is 0 Å². The summed E-state index contributed by atoms with van der Waals surface area (Å²) in [4.78, 5) is 16.3. The van der Waals surface area contributed by atoms with Crippen LogP contribution in [0, 0.1) is 5.41 Å². The summed E-state index contributed by atoms with van der Waals surface area (Å²) in [5.41, 5.74) is -0.195. The highest BCUT2D eigenvalue weighted by atomic mass is 32.2. The van der Waals surface area contributed by atoms with Crippen molar-refractivity contribution < 1.29 is 4.79 Å². The quantitative estimate of drug-likeness (QED) is 0.717. The van der Waals surface area contributed by atoms with Crippen LogP contribution in [0.4, 0.5) is 0 Å². The van der Waals surface area contributed by atoms with Gasteiger partial charge in [-0.15, -0.1) is 11.8 Å². The normalized spacial score (nSPS) is 26.5. The zero-order chi connectivity index (χ0) is 12.5. The van der Waals surface area contributed by atoms with Crippen molar-refractivity contribution in [3.05, 3.63) is 0 Å². The Labute approximate surface area is 109 Å². The predicted molar refractivity (Wildman–Crippen MR) is 73.3 cm³/mol. The van der Waals surface area contributed by atoms with Gasteiger partial charge >= 0.3 is 0 Å². The first-order valence-electron chi connectivity index (χ1n) is 6.51. The van der Waals surface area contributed by atoms with E-state index in [1.54, 1.807) is 0 Å². The van der Waals surface area contributed by atoms with Crippen molar-refractivity contribution in [3.8, 4) is 0 Å². The van der Waals surface area contributed by atoms with Crippen LogP contribution in [0.25, 0.3) is 0 Å². The molecule has 0 aromatic heterocycles. The summed E-state index contributed by atoms with van der Waals surface area (Å²) in [6.07, 6.45) is 3.57. The first kappa shape index (κ1) is 13.4. The second-order valence-electron chi connectivity index (χ2n) is 6.10. The molecule has 17 heavy (non-hydrogen) atoms. The van der Waals surface area contributed by atoms with Gasteiger partial charge in [0.25, 0.3) is 0 Å². The zero-order valence-corrected chi connectivity index (χ0v) is 12.1. The lowest BCUT2D eigenvalue weighted by Gasteiger charge is -2.44. The number of piperidine rings is 1. The summed E-state index contributed by atoms with van der Waals surface area (Å²) in [5.74, 6) is 1.27. The van der Waals surface area contributed by atoms with Crippen LogP contribution < -0.4 is 0 Å². The Morgan fingerprint density at radius 3 is 2.41 bits per heavy atom. The monoisotopic (exact) mass is 256 g/mol. The average Bonchev–Trinajstić information content (AvgIpc) is 2.64. The second-order valence-corrected chi connectivity index (χ2v) is 7.56. The van der Waals surface area contributed by atoms with E-state index in [9.17, 15) is 4.79 Å². The molecule has 0 aliphatic carbocycles. The van der Waals surface area contributed by atoms with E-state index in [-0.39, 0.29) is 5.41 Å². The molecule has 0 radical (unpaired) electrons. The van der Waals surface area contributed by atoms with E-state index in [1.807, 2.05) is 13.8 Å². The van der Waals surface area contributed by atoms with Gasteiger partial charge in [0, 0.05) is 37.3 Å². The lowest BCUT2D eigenvalue weighted by atomic mass is 9.93. The van der Waals surface area contributed by atoms with Gasteiger partial charge in [-0.3, -0.25) is 4.90 Å². The first-order chi connectivity index (χ1) is 7.97. The summed E-state index contributed by atoms with van der Waals surface area (Å²) in [7, 11) is 2.25. The standard InChI is InChI=1S/C13H24N2OS/c1-12(2,11-16)10-15-6-4-13(5-7-15)14(3)8-9-17-13/h11H,4-10H2,1-3H3. The number of thioether (sulfide) groups is 1. The van der Waals surface area contributed by atoms with Crippen LogP contribution in [0.5, 0.6) is 0 Å². The molecule has 0 saturated carbocycles. The molecule has 0 aromatic rings. The van der Waals surface area contributed by atoms with Crippen LogP contribution >= 0.6 is 11.8 Å². The van der Waals surface area contributed by atoms with Crippen LogP contribution in [0.2, 0.25) is 0 Å². The minimum Gasteiger partial charge on any atom is -0.303 e. The molecule has 2 aliphatic rings. The van der Waals surface area contributed by atoms with E-state index < -0.39 is 0 Å². The third-order valence-electron chi connectivity index (χ3n) is 4.08. The average molecular weight is 256 g/mol. The number of rotatable bonds is 3. The van der Waals surface area contributed by atoms with Crippen molar-refractivity contribution in [1.29, 1.82) is 0 Å². The molecule has 2 saturated heterocycles. The molecule has 3 nitrogen and oxygen atoms in total. The van der Waals surface area contributed by atoms with Crippen LogP contribution in [0.1, 0.15) is 26.7 Å². The van der Waals surface area contributed by atoms with Crippen LogP contribution in [-0.4, -0.2) is 59.9 Å². The Balaban J connectivity index is 1.88. The number of hydrogen-bond donors (Lipinski definition) is 0. The molecule has 2 aliphatic heterocycles. The van der Waals surface area contributed by atoms with Crippen molar-refractivity contribution >= 4 is 18.0 Å². The van der Waals surface area contributed by atoms with Gasteiger partial charge < -0.3 is 9.69 Å².